The summed E-state index contributed by atoms with van der Waals surface area (Å²) in [7, 11) is 0. The molecule has 1 aromatic heterocycles. The van der Waals surface area contributed by atoms with Crippen LogP contribution in [0.25, 0.3) is 0 Å². The van der Waals surface area contributed by atoms with Gasteiger partial charge in [0.15, 0.2) is 5.16 Å². The molecule has 0 bridgehead atoms. The van der Waals surface area contributed by atoms with Crippen molar-refractivity contribution in [2.45, 2.75) is 10.1 Å². The molecule has 0 aliphatic carbocycles. The molecule has 0 atom stereocenters. The fraction of sp³-hybridized carbons (Fsp3) is 0. The zero-order valence-corrected chi connectivity index (χ0v) is 10.9. The first-order valence-electron chi connectivity index (χ1n) is 5.33. The predicted molar refractivity (Wildman–Crippen MR) is 74.3 cm³/mol. The summed E-state index contributed by atoms with van der Waals surface area (Å²) in [4.78, 5) is 19.1. The number of amides is 1. The minimum absolute atomic E-state index is 0.0192. The van der Waals surface area contributed by atoms with Crippen LogP contribution in [-0.4, -0.2) is 15.9 Å². The van der Waals surface area contributed by atoms with E-state index >= 15 is 0 Å². The van der Waals surface area contributed by atoms with Gasteiger partial charge >= 0.3 is 0 Å². The topological polar surface area (TPSA) is 147 Å². The normalized spacial score (nSPS) is 10.4. The van der Waals surface area contributed by atoms with E-state index in [1.165, 1.54) is 12.1 Å². The summed E-state index contributed by atoms with van der Waals surface area (Å²) in [6, 6.07) is 3.62. The van der Waals surface area contributed by atoms with Gasteiger partial charge in [0.2, 0.25) is 0 Å². The number of rotatable bonds is 3. The van der Waals surface area contributed by atoms with E-state index in [4.69, 9.17) is 22.9 Å². The zero-order valence-electron chi connectivity index (χ0n) is 10.1. The second-order valence-corrected chi connectivity index (χ2v) is 4.85. The molecule has 1 aromatic carbocycles. The molecule has 2 aromatic rings. The van der Waals surface area contributed by atoms with Gasteiger partial charge in [0.25, 0.3) is 5.91 Å². The van der Waals surface area contributed by atoms with Crippen LogP contribution in [-0.2, 0) is 0 Å². The maximum atomic E-state index is 13.8. The second-order valence-electron chi connectivity index (χ2n) is 3.84. The number of nitrogens with two attached hydrogens (primary N) is 4. The van der Waals surface area contributed by atoms with E-state index in [9.17, 15) is 9.18 Å². The number of aromatic nitrogens is 2. The van der Waals surface area contributed by atoms with E-state index in [1.54, 1.807) is 0 Å². The van der Waals surface area contributed by atoms with Crippen molar-refractivity contribution in [2.24, 2.45) is 5.73 Å². The lowest BCUT2D eigenvalue weighted by atomic mass is 10.1. The van der Waals surface area contributed by atoms with E-state index in [2.05, 4.69) is 9.97 Å². The number of benzene rings is 1. The van der Waals surface area contributed by atoms with Crippen molar-refractivity contribution in [2.75, 3.05) is 17.2 Å². The third-order valence-corrected chi connectivity index (χ3v) is 3.21. The molecule has 7 nitrogen and oxygen atoms in total. The lowest BCUT2D eigenvalue weighted by Gasteiger charge is -2.07. The van der Waals surface area contributed by atoms with E-state index in [0.717, 1.165) is 17.8 Å². The molecule has 1 amide bonds. The van der Waals surface area contributed by atoms with Gasteiger partial charge in [0.05, 0.1) is 10.5 Å². The highest BCUT2D eigenvalue weighted by Crippen LogP contribution is 2.31. The molecule has 2 rings (SSSR count). The van der Waals surface area contributed by atoms with Crippen molar-refractivity contribution < 1.29 is 9.18 Å². The Bertz CT molecular complexity index is 673. The first-order valence-corrected chi connectivity index (χ1v) is 6.15. The smallest absolute Gasteiger partial charge is 0.250 e. The molecule has 0 unspecified atom stereocenters. The Morgan fingerprint density at radius 1 is 1.10 bits per heavy atom. The lowest BCUT2D eigenvalue weighted by Crippen LogP contribution is -2.14. The summed E-state index contributed by atoms with van der Waals surface area (Å²) in [5.41, 5.74) is 21.7. The Hall–Kier alpha value is -2.55. The molecule has 20 heavy (non-hydrogen) atoms. The van der Waals surface area contributed by atoms with Crippen molar-refractivity contribution >= 4 is 35.0 Å². The van der Waals surface area contributed by atoms with Crippen LogP contribution in [0.1, 0.15) is 10.4 Å². The number of nitrogens with zero attached hydrogens (tertiary/aromatic N) is 2. The van der Waals surface area contributed by atoms with Crippen molar-refractivity contribution in [3.05, 3.63) is 29.6 Å². The van der Waals surface area contributed by atoms with Crippen LogP contribution in [0, 0.1) is 5.82 Å². The minimum Gasteiger partial charge on any atom is -0.398 e. The number of halogens is 1. The lowest BCUT2D eigenvalue weighted by molar-refractivity contribution is 0.100. The zero-order chi connectivity index (χ0) is 14.9. The average molecular weight is 294 g/mol. The highest BCUT2D eigenvalue weighted by molar-refractivity contribution is 7.99. The maximum absolute atomic E-state index is 13.8. The Morgan fingerprint density at radius 3 is 2.25 bits per heavy atom. The summed E-state index contributed by atoms with van der Waals surface area (Å²) in [6.45, 7) is 0. The number of carbonyl (C=O) groups excluding carboxylic acids is 1. The molecule has 0 radical (unpaired) electrons. The summed E-state index contributed by atoms with van der Waals surface area (Å²) in [5.74, 6) is -1.06. The third kappa shape index (κ3) is 2.88. The maximum Gasteiger partial charge on any atom is 0.250 e. The van der Waals surface area contributed by atoms with Gasteiger partial charge < -0.3 is 22.9 Å². The van der Waals surface area contributed by atoms with Gasteiger partial charge in [-0.1, -0.05) is 0 Å². The van der Waals surface area contributed by atoms with Crippen LogP contribution < -0.4 is 22.9 Å². The van der Waals surface area contributed by atoms with Gasteiger partial charge in [-0.05, 0) is 23.9 Å². The van der Waals surface area contributed by atoms with Gasteiger partial charge in [0, 0.05) is 11.8 Å². The molecule has 0 spiro atoms. The molecule has 104 valence electrons. The molecule has 9 heteroatoms. The van der Waals surface area contributed by atoms with Crippen LogP contribution in [0.15, 0.2) is 28.3 Å². The highest BCUT2D eigenvalue weighted by Gasteiger charge is 2.14. The molecular weight excluding hydrogens is 283 g/mol. The second kappa shape index (κ2) is 5.21. The van der Waals surface area contributed by atoms with Gasteiger partial charge in [-0.25, -0.2) is 14.4 Å². The van der Waals surface area contributed by atoms with Crippen LogP contribution >= 0.6 is 11.8 Å². The average Bonchev–Trinajstić information content (AvgIpc) is 2.30. The van der Waals surface area contributed by atoms with Crippen molar-refractivity contribution in [3.63, 3.8) is 0 Å². The molecule has 8 N–H and O–H groups in total. The van der Waals surface area contributed by atoms with Gasteiger partial charge in [-0.2, -0.15) is 0 Å². The Balaban J connectivity index is 2.42. The largest absolute Gasteiger partial charge is 0.398 e. The van der Waals surface area contributed by atoms with Crippen LogP contribution in [0.5, 0.6) is 0 Å². The van der Waals surface area contributed by atoms with Gasteiger partial charge in [-0.3, -0.25) is 4.79 Å². The Labute approximate surface area is 117 Å². The fourth-order valence-electron chi connectivity index (χ4n) is 1.47. The van der Waals surface area contributed by atoms with E-state index in [1.807, 2.05) is 0 Å². The number of hydrogen-bond donors (Lipinski definition) is 4. The van der Waals surface area contributed by atoms with Crippen molar-refractivity contribution in [1.82, 2.24) is 9.97 Å². The van der Waals surface area contributed by atoms with Crippen molar-refractivity contribution in [1.29, 1.82) is 0 Å². The minimum atomic E-state index is -0.752. The Kier molecular flexibility index (Phi) is 3.61. The highest BCUT2D eigenvalue weighted by atomic mass is 32.2. The predicted octanol–water partition coefficient (Wildman–Crippen LogP) is 0.612. The molecule has 0 saturated carbocycles. The quantitative estimate of drug-likeness (QED) is 0.479. The first-order chi connectivity index (χ1) is 9.36. The number of anilines is 3. The summed E-state index contributed by atoms with van der Waals surface area (Å²) in [6.07, 6.45) is 0. The molecule has 0 aliphatic heterocycles. The molecule has 0 saturated heterocycles. The first kappa shape index (κ1) is 13.9. The molecule has 1 heterocycles. The Morgan fingerprint density at radius 2 is 1.70 bits per heavy atom. The number of primary amides is 1. The van der Waals surface area contributed by atoms with Crippen LogP contribution in [0.3, 0.4) is 0 Å². The van der Waals surface area contributed by atoms with E-state index < -0.39 is 11.7 Å². The van der Waals surface area contributed by atoms with Gasteiger partial charge in [-0.15, -0.1) is 0 Å². The monoisotopic (exact) mass is 294 g/mol. The molecule has 0 fully saturated rings. The fourth-order valence-corrected chi connectivity index (χ4v) is 2.30. The number of carbonyl (C=O) groups is 1. The molecular formula is C11H11FN6OS. The number of nitrogen functional groups attached to an aromatic ring is 3. The van der Waals surface area contributed by atoms with E-state index in [0.29, 0.717) is 0 Å². The van der Waals surface area contributed by atoms with Gasteiger partial charge in [0.1, 0.15) is 17.5 Å². The summed E-state index contributed by atoms with van der Waals surface area (Å²) >= 11 is 0.862. The van der Waals surface area contributed by atoms with Crippen LogP contribution in [0.2, 0.25) is 0 Å². The third-order valence-electron chi connectivity index (χ3n) is 2.32. The van der Waals surface area contributed by atoms with Crippen LogP contribution in [0.4, 0.5) is 21.7 Å². The summed E-state index contributed by atoms with van der Waals surface area (Å²) in [5, 5.41) is 0.154. The number of hydrogen-bond acceptors (Lipinski definition) is 7. The van der Waals surface area contributed by atoms with Crippen molar-refractivity contribution in [3.8, 4) is 0 Å². The van der Waals surface area contributed by atoms with E-state index in [-0.39, 0.29) is 32.9 Å². The summed E-state index contributed by atoms with van der Waals surface area (Å²) < 4.78 is 13.8. The SMILES string of the molecule is NC(=O)c1cc(Sc2nc(N)cc(N)n2)c(F)cc1N. The standard InChI is InChI=1S/C11H11FN6OS/c12-5-2-6(13)4(10(16)19)1-7(5)20-11-17-8(14)3-9(15)18-11/h1-3H,13H2,(H2,16,19)(H4,14,15,17,18). The molecule has 0 aliphatic rings.